The third kappa shape index (κ3) is 7.02. The first kappa shape index (κ1) is 31.0. The summed E-state index contributed by atoms with van der Waals surface area (Å²) in [4.78, 5) is 8.96. The summed E-state index contributed by atoms with van der Waals surface area (Å²) in [5.41, 5.74) is 1.33. The molecule has 0 bridgehead atoms. The first-order valence-corrected chi connectivity index (χ1v) is 19.3. The van der Waals surface area contributed by atoms with Crippen LogP contribution in [0.1, 0.15) is 53.4 Å². The van der Waals surface area contributed by atoms with Gasteiger partial charge < -0.3 is 18.9 Å². The highest BCUT2D eigenvalue weighted by molar-refractivity contribution is 8.01. The Bertz CT molecular complexity index is 1700. The third-order valence-corrected chi connectivity index (χ3v) is 14.0. The van der Waals surface area contributed by atoms with Crippen LogP contribution in [0.4, 0.5) is 0 Å². The van der Waals surface area contributed by atoms with Crippen LogP contribution < -0.4 is 0 Å². The van der Waals surface area contributed by atoms with Crippen molar-refractivity contribution in [3.05, 3.63) is 48.5 Å². The number of sulfone groups is 1. The number of ether oxygens (including phenoxy) is 4. The minimum atomic E-state index is -3.47. The van der Waals surface area contributed by atoms with Crippen molar-refractivity contribution < 1.29 is 27.4 Å². The Balaban J connectivity index is 0.000000143. The molecule has 4 atom stereocenters. The van der Waals surface area contributed by atoms with Gasteiger partial charge in [0.25, 0.3) is 0 Å². The fraction of sp³-hybridized carbons (Fsp3) is 0.562. The van der Waals surface area contributed by atoms with Crippen LogP contribution in [-0.4, -0.2) is 77.7 Å². The quantitative estimate of drug-likeness (QED) is 0.159. The van der Waals surface area contributed by atoms with Gasteiger partial charge in [-0.05, 0) is 52.0 Å². The molecular formula is C32H38N2O6S4. The number of aromatic nitrogens is 2. The smallest absolute Gasteiger partial charge is 0.210 e. The molecule has 2 aromatic carbocycles. The average Bonchev–Trinajstić information content (AvgIpc) is 3.73. The number of fused-ring (bicyclic) bond motifs is 2. The van der Waals surface area contributed by atoms with Crippen molar-refractivity contribution in [2.45, 2.75) is 96.7 Å². The molecule has 2 spiro atoms. The summed E-state index contributed by atoms with van der Waals surface area (Å²) in [6.07, 6.45) is 3.40. The van der Waals surface area contributed by atoms with Crippen molar-refractivity contribution in [1.82, 2.24) is 9.97 Å². The van der Waals surface area contributed by atoms with Gasteiger partial charge >= 0.3 is 0 Å². The maximum absolute atomic E-state index is 12.7. The Labute approximate surface area is 270 Å². The van der Waals surface area contributed by atoms with E-state index >= 15 is 0 Å². The van der Waals surface area contributed by atoms with Gasteiger partial charge in [-0.3, -0.25) is 0 Å². The predicted octanol–water partition coefficient (Wildman–Crippen LogP) is 6.91. The lowest BCUT2D eigenvalue weighted by Crippen LogP contribution is -2.46. The molecule has 4 aliphatic rings. The molecule has 0 aliphatic carbocycles. The number of thiazole rings is 2. The number of hydrogen-bond acceptors (Lipinski definition) is 11. The van der Waals surface area contributed by atoms with Gasteiger partial charge in [0.15, 0.2) is 4.34 Å². The minimum absolute atomic E-state index is 0.0403. The van der Waals surface area contributed by atoms with E-state index in [1.165, 1.54) is 16.0 Å². The summed E-state index contributed by atoms with van der Waals surface area (Å²) in [5, 5.41) is 0. The lowest BCUT2D eigenvalue weighted by molar-refractivity contribution is -0.122. The summed E-state index contributed by atoms with van der Waals surface area (Å²) in [7, 11) is -3.47. The highest BCUT2D eigenvalue weighted by atomic mass is 32.2. The van der Waals surface area contributed by atoms with E-state index in [-0.39, 0.29) is 44.7 Å². The zero-order chi connectivity index (χ0) is 30.8. The first-order valence-electron chi connectivity index (χ1n) is 15.0. The molecule has 4 fully saturated rings. The Kier molecular flexibility index (Phi) is 7.93. The molecule has 44 heavy (non-hydrogen) atoms. The maximum atomic E-state index is 12.7. The lowest BCUT2D eigenvalue weighted by atomic mass is 9.86. The van der Waals surface area contributed by atoms with Gasteiger partial charge in [-0.15, -0.1) is 22.7 Å². The van der Waals surface area contributed by atoms with Crippen LogP contribution in [0.5, 0.6) is 0 Å². The van der Waals surface area contributed by atoms with Gasteiger partial charge in [-0.2, -0.15) is 0 Å². The number of hydrogen-bond donors (Lipinski definition) is 0. The van der Waals surface area contributed by atoms with E-state index < -0.39 is 9.84 Å². The van der Waals surface area contributed by atoms with E-state index in [0.29, 0.717) is 13.0 Å². The Hall–Kier alpha value is -1.64. The zero-order valence-electron chi connectivity index (χ0n) is 25.4. The van der Waals surface area contributed by atoms with Crippen LogP contribution in [0.25, 0.3) is 20.4 Å². The van der Waals surface area contributed by atoms with Crippen LogP contribution in [0.2, 0.25) is 0 Å². The minimum Gasteiger partial charge on any atom is -0.371 e. The zero-order valence-corrected chi connectivity index (χ0v) is 28.7. The lowest BCUT2D eigenvalue weighted by Gasteiger charge is -2.39. The van der Waals surface area contributed by atoms with Gasteiger partial charge in [0.05, 0.1) is 74.0 Å². The summed E-state index contributed by atoms with van der Waals surface area (Å²) in [5.74, 6) is 0.912. The van der Waals surface area contributed by atoms with E-state index in [0.717, 1.165) is 51.7 Å². The second-order valence-electron chi connectivity index (χ2n) is 13.7. The van der Waals surface area contributed by atoms with Crippen molar-refractivity contribution in [3.63, 3.8) is 0 Å². The average molecular weight is 675 g/mol. The Morgan fingerprint density at radius 3 is 1.89 bits per heavy atom. The van der Waals surface area contributed by atoms with E-state index in [1.54, 1.807) is 11.3 Å². The molecule has 4 unspecified atom stereocenters. The molecular weight excluding hydrogens is 637 g/mol. The van der Waals surface area contributed by atoms with Crippen molar-refractivity contribution in [3.8, 4) is 0 Å². The van der Waals surface area contributed by atoms with Crippen LogP contribution in [0.3, 0.4) is 0 Å². The van der Waals surface area contributed by atoms with Crippen molar-refractivity contribution >= 4 is 64.7 Å². The molecule has 8 nitrogen and oxygen atoms in total. The van der Waals surface area contributed by atoms with Crippen LogP contribution in [-0.2, 0) is 28.8 Å². The molecule has 4 aromatic rings. The second kappa shape index (κ2) is 11.3. The molecule has 4 aliphatic heterocycles. The van der Waals surface area contributed by atoms with Crippen LogP contribution in [0, 0.1) is 0 Å². The first-order chi connectivity index (χ1) is 20.8. The van der Waals surface area contributed by atoms with Gasteiger partial charge in [0.1, 0.15) is 0 Å². The number of nitrogens with zero attached hydrogens (tertiary/aromatic N) is 2. The van der Waals surface area contributed by atoms with Crippen molar-refractivity contribution in [2.75, 3.05) is 24.7 Å². The monoisotopic (exact) mass is 674 g/mol. The summed E-state index contributed by atoms with van der Waals surface area (Å²) in [6, 6.07) is 15.8. The molecule has 2 aromatic heterocycles. The fourth-order valence-electron chi connectivity index (χ4n) is 6.80. The highest BCUT2D eigenvalue weighted by Crippen LogP contribution is 2.48. The number of benzene rings is 2. The molecule has 0 amide bonds. The molecule has 12 heteroatoms. The summed E-state index contributed by atoms with van der Waals surface area (Å²) >= 11 is 4.80. The maximum Gasteiger partial charge on any atom is 0.210 e. The van der Waals surface area contributed by atoms with E-state index in [9.17, 15) is 8.42 Å². The number of thioether (sulfide) groups is 1. The number of epoxide rings is 2. The van der Waals surface area contributed by atoms with Crippen LogP contribution >= 0.6 is 34.4 Å². The Morgan fingerprint density at radius 1 is 0.795 bits per heavy atom. The molecule has 0 radical (unpaired) electrons. The molecule has 0 saturated carbocycles. The SMILES string of the molecule is CC1(C)CC2(CO2)CC(CS(=O)(=O)c2nc3ccccc3s2)O1.CC1(C)CC2(CO2)CC(CSc2nc3ccccc3s2)O1. The summed E-state index contributed by atoms with van der Waals surface area (Å²) in [6.45, 7) is 9.94. The largest absolute Gasteiger partial charge is 0.371 e. The van der Waals surface area contributed by atoms with E-state index in [1.807, 2.05) is 55.9 Å². The van der Waals surface area contributed by atoms with E-state index in [4.69, 9.17) is 18.9 Å². The fourth-order valence-corrected chi connectivity index (χ4v) is 11.6. The number of para-hydroxylation sites is 2. The van der Waals surface area contributed by atoms with Gasteiger partial charge in [-0.25, -0.2) is 18.4 Å². The topological polar surface area (TPSA) is 103 Å². The standard InChI is InChI=1S/C16H19NO4S2.C16H19NO2S2/c1-15(2)9-16(10-20-16)7-11(21-15)8-23(18,19)14-17-12-5-3-4-6-13(12)22-14;1-15(2)9-16(10-18-16)7-11(19-15)8-20-14-17-12-5-3-4-6-13(12)21-14/h3-6,11H,7-10H2,1-2H3;3-6,11H,7-10H2,1-2H3. The highest BCUT2D eigenvalue weighted by Gasteiger charge is 2.55. The molecule has 0 N–H and O–H groups in total. The number of rotatable bonds is 6. The molecule has 8 rings (SSSR count). The molecule has 6 heterocycles. The molecule has 236 valence electrons. The van der Waals surface area contributed by atoms with Crippen LogP contribution in [0.15, 0.2) is 57.2 Å². The van der Waals surface area contributed by atoms with Gasteiger partial charge in [0.2, 0.25) is 14.2 Å². The van der Waals surface area contributed by atoms with Crippen molar-refractivity contribution in [1.29, 1.82) is 0 Å². The Morgan fingerprint density at radius 2 is 1.32 bits per heavy atom. The third-order valence-electron chi connectivity index (χ3n) is 8.38. The van der Waals surface area contributed by atoms with Gasteiger partial charge in [0, 0.05) is 31.4 Å². The summed E-state index contributed by atoms with van der Waals surface area (Å²) < 4.78 is 52.4. The predicted molar refractivity (Wildman–Crippen MR) is 176 cm³/mol. The van der Waals surface area contributed by atoms with Gasteiger partial charge in [-0.1, -0.05) is 36.0 Å². The molecule has 4 saturated heterocycles. The normalized spacial score (nSPS) is 30.4. The van der Waals surface area contributed by atoms with E-state index in [2.05, 4.69) is 42.0 Å². The second-order valence-corrected chi connectivity index (χ2v) is 19.2. The van der Waals surface area contributed by atoms with Crippen molar-refractivity contribution in [2.24, 2.45) is 0 Å².